The van der Waals surface area contributed by atoms with Crippen LogP contribution < -0.4 is 0 Å². The van der Waals surface area contributed by atoms with E-state index in [9.17, 15) is 16.8 Å². The number of nitrogens with zero attached hydrogens (tertiary/aromatic N) is 1. The fourth-order valence-corrected chi connectivity index (χ4v) is 5.72. The molecular formula is C14H21NO5S2. The van der Waals surface area contributed by atoms with E-state index in [-0.39, 0.29) is 22.4 Å². The summed E-state index contributed by atoms with van der Waals surface area (Å²) in [7, 11) is -7.47. The molecule has 0 saturated carbocycles. The fraction of sp³-hybridized carbons (Fsp3) is 0.571. The van der Waals surface area contributed by atoms with E-state index in [1.807, 2.05) is 6.92 Å². The molecule has 1 aliphatic heterocycles. The number of sulfone groups is 1. The van der Waals surface area contributed by atoms with Gasteiger partial charge < -0.3 is 4.74 Å². The van der Waals surface area contributed by atoms with Gasteiger partial charge in [-0.05, 0) is 31.9 Å². The molecule has 22 heavy (non-hydrogen) atoms. The lowest BCUT2D eigenvalue weighted by Crippen LogP contribution is -2.43. The van der Waals surface area contributed by atoms with Crippen molar-refractivity contribution >= 4 is 19.9 Å². The average molecular weight is 347 g/mol. The maximum absolute atomic E-state index is 12.8. The zero-order valence-corrected chi connectivity index (χ0v) is 14.4. The predicted octanol–water partition coefficient (Wildman–Crippen LogP) is 1.28. The topological polar surface area (TPSA) is 80.8 Å². The van der Waals surface area contributed by atoms with Gasteiger partial charge in [0, 0.05) is 26.0 Å². The Balaban J connectivity index is 2.39. The van der Waals surface area contributed by atoms with Crippen LogP contribution in [0.3, 0.4) is 0 Å². The van der Waals surface area contributed by atoms with Crippen molar-refractivity contribution in [2.24, 2.45) is 0 Å². The third-order valence-corrected chi connectivity index (χ3v) is 6.82. The predicted molar refractivity (Wildman–Crippen MR) is 83.0 cm³/mol. The summed E-state index contributed by atoms with van der Waals surface area (Å²) < 4.78 is 56.1. The highest BCUT2D eigenvalue weighted by atomic mass is 32.2. The van der Waals surface area contributed by atoms with Crippen LogP contribution in [0, 0.1) is 0 Å². The van der Waals surface area contributed by atoms with Gasteiger partial charge in [0.15, 0.2) is 9.84 Å². The van der Waals surface area contributed by atoms with Gasteiger partial charge in [-0.1, -0.05) is 12.1 Å². The number of hydrogen-bond acceptors (Lipinski definition) is 5. The van der Waals surface area contributed by atoms with Crippen molar-refractivity contribution in [1.82, 2.24) is 4.31 Å². The average Bonchev–Trinajstić information content (AvgIpc) is 2.47. The van der Waals surface area contributed by atoms with Gasteiger partial charge >= 0.3 is 0 Å². The van der Waals surface area contributed by atoms with Crippen LogP contribution in [0.5, 0.6) is 0 Å². The zero-order valence-electron chi connectivity index (χ0n) is 12.7. The van der Waals surface area contributed by atoms with E-state index in [1.165, 1.54) is 28.6 Å². The Morgan fingerprint density at radius 3 is 2.41 bits per heavy atom. The summed E-state index contributed by atoms with van der Waals surface area (Å²) in [5, 5.41) is 0. The number of rotatable bonds is 5. The molecule has 0 bridgehead atoms. The van der Waals surface area contributed by atoms with Crippen molar-refractivity contribution in [3.8, 4) is 0 Å². The summed E-state index contributed by atoms with van der Waals surface area (Å²) in [6.07, 6.45) is 2.39. The van der Waals surface area contributed by atoms with E-state index < -0.39 is 19.9 Å². The fourth-order valence-electron chi connectivity index (χ4n) is 2.60. The summed E-state index contributed by atoms with van der Waals surface area (Å²) in [4.78, 5) is -0.316. The third-order valence-electron chi connectivity index (χ3n) is 3.61. The number of ether oxygens (including phenoxy) is 1. The minimum absolute atomic E-state index is 0.140. The van der Waals surface area contributed by atoms with Crippen LogP contribution in [0.25, 0.3) is 0 Å². The monoisotopic (exact) mass is 347 g/mol. The van der Waals surface area contributed by atoms with E-state index in [4.69, 9.17) is 4.74 Å². The van der Waals surface area contributed by atoms with Crippen LogP contribution in [0.15, 0.2) is 34.1 Å². The van der Waals surface area contributed by atoms with Crippen molar-refractivity contribution in [2.45, 2.75) is 35.7 Å². The third kappa shape index (κ3) is 3.68. The molecule has 0 radical (unpaired) electrons. The second-order valence-electron chi connectivity index (χ2n) is 5.30. The van der Waals surface area contributed by atoms with Gasteiger partial charge in [0.25, 0.3) is 0 Å². The Labute approximate surface area is 132 Å². The van der Waals surface area contributed by atoms with Gasteiger partial charge in [-0.15, -0.1) is 0 Å². The van der Waals surface area contributed by atoms with Crippen LogP contribution in [0.1, 0.15) is 19.8 Å². The quantitative estimate of drug-likeness (QED) is 0.801. The van der Waals surface area contributed by atoms with Crippen LogP contribution in [-0.4, -0.2) is 53.2 Å². The van der Waals surface area contributed by atoms with Crippen molar-refractivity contribution in [1.29, 1.82) is 0 Å². The molecular weight excluding hydrogens is 326 g/mol. The molecule has 1 aliphatic rings. The highest BCUT2D eigenvalue weighted by Crippen LogP contribution is 2.27. The largest absolute Gasteiger partial charge is 0.377 e. The summed E-state index contributed by atoms with van der Waals surface area (Å²) >= 11 is 0. The van der Waals surface area contributed by atoms with Crippen molar-refractivity contribution in [3.63, 3.8) is 0 Å². The highest BCUT2D eigenvalue weighted by molar-refractivity contribution is 7.93. The van der Waals surface area contributed by atoms with Gasteiger partial charge in [-0.3, -0.25) is 0 Å². The van der Waals surface area contributed by atoms with Crippen LogP contribution in [0.2, 0.25) is 0 Å². The molecule has 0 N–H and O–H groups in total. The standard InChI is InChI=1S/C14H21NO5S2/c1-3-20-12-7-6-10-15(11-12)22(18,19)14-9-5-4-8-13(14)21(2,16)17/h4-5,8-9,12H,3,6-7,10-11H2,1-2H3. The maximum atomic E-state index is 12.8. The van der Waals surface area contributed by atoms with Gasteiger partial charge in [-0.25, -0.2) is 16.8 Å². The maximum Gasteiger partial charge on any atom is 0.244 e. The Bertz CT molecular complexity index is 725. The number of hydrogen-bond donors (Lipinski definition) is 0. The van der Waals surface area contributed by atoms with Gasteiger partial charge in [0.05, 0.1) is 11.0 Å². The smallest absolute Gasteiger partial charge is 0.244 e. The van der Waals surface area contributed by atoms with Crippen molar-refractivity contribution < 1.29 is 21.6 Å². The van der Waals surface area contributed by atoms with Crippen molar-refractivity contribution in [3.05, 3.63) is 24.3 Å². The first kappa shape index (κ1) is 17.4. The lowest BCUT2D eigenvalue weighted by atomic mass is 10.1. The second-order valence-corrected chi connectivity index (χ2v) is 9.19. The summed E-state index contributed by atoms with van der Waals surface area (Å²) in [5.74, 6) is 0. The first-order valence-corrected chi connectivity index (χ1v) is 10.5. The van der Waals surface area contributed by atoms with E-state index in [1.54, 1.807) is 0 Å². The molecule has 1 aromatic carbocycles. The number of benzene rings is 1. The molecule has 1 atom stereocenters. The lowest BCUT2D eigenvalue weighted by molar-refractivity contribution is 0.0264. The molecule has 0 spiro atoms. The van der Waals surface area contributed by atoms with Gasteiger partial charge in [0.2, 0.25) is 10.0 Å². The Morgan fingerprint density at radius 1 is 1.18 bits per heavy atom. The normalized spacial score (nSPS) is 20.9. The zero-order chi connectivity index (χ0) is 16.4. The summed E-state index contributed by atoms with van der Waals surface area (Å²) in [6.45, 7) is 3.03. The molecule has 8 heteroatoms. The van der Waals surface area contributed by atoms with E-state index in [2.05, 4.69) is 0 Å². The minimum atomic E-state index is -3.85. The molecule has 0 aliphatic carbocycles. The molecule has 1 saturated heterocycles. The van der Waals surface area contributed by atoms with Crippen molar-refractivity contribution in [2.75, 3.05) is 26.0 Å². The molecule has 0 amide bonds. The molecule has 2 rings (SSSR count). The molecule has 0 aromatic heterocycles. The Morgan fingerprint density at radius 2 is 1.82 bits per heavy atom. The number of sulfonamides is 1. The van der Waals surface area contributed by atoms with Crippen LogP contribution in [-0.2, 0) is 24.6 Å². The SMILES string of the molecule is CCOC1CCCN(S(=O)(=O)c2ccccc2S(C)(=O)=O)C1. The molecule has 1 unspecified atom stereocenters. The Hall–Kier alpha value is -0.960. The summed E-state index contributed by atoms with van der Waals surface area (Å²) in [6, 6.07) is 5.72. The first-order chi connectivity index (χ1) is 10.3. The molecule has 1 heterocycles. The van der Waals surface area contributed by atoms with Crippen LogP contribution in [0.4, 0.5) is 0 Å². The first-order valence-electron chi connectivity index (χ1n) is 7.17. The molecule has 1 aromatic rings. The molecule has 124 valence electrons. The Kier molecular flexibility index (Phi) is 5.26. The van der Waals surface area contributed by atoms with Gasteiger partial charge in [-0.2, -0.15) is 4.31 Å². The number of piperidine rings is 1. The highest BCUT2D eigenvalue weighted by Gasteiger charge is 2.33. The molecule has 1 fully saturated rings. The van der Waals surface area contributed by atoms with Gasteiger partial charge in [0.1, 0.15) is 4.90 Å². The summed E-state index contributed by atoms with van der Waals surface area (Å²) in [5.41, 5.74) is 0. The van der Waals surface area contributed by atoms with E-state index >= 15 is 0 Å². The molecule has 6 nitrogen and oxygen atoms in total. The minimum Gasteiger partial charge on any atom is -0.377 e. The van der Waals surface area contributed by atoms with Crippen LogP contribution >= 0.6 is 0 Å². The lowest BCUT2D eigenvalue weighted by Gasteiger charge is -2.32. The second kappa shape index (κ2) is 6.66. The van der Waals surface area contributed by atoms with E-state index in [0.717, 1.165) is 12.7 Å². The van der Waals surface area contributed by atoms with E-state index in [0.29, 0.717) is 19.6 Å².